The van der Waals surface area contributed by atoms with E-state index < -0.39 is 0 Å². The Morgan fingerprint density at radius 1 is 1.60 bits per heavy atom. The minimum absolute atomic E-state index is 0.214. The maximum absolute atomic E-state index is 11.2. The van der Waals surface area contributed by atoms with Crippen molar-refractivity contribution in [1.29, 1.82) is 5.26 Å². The zero-order valence-corrected chi connectivity index (χ0v) is 8.70. The van der Waals surface area contributed by atoms with Crippen molar-refractivity contribution in [2.75, 3.05) is 19.0 Å². The average Bonchev–Trinajstić information content (AvgIpc) is 2.27. The molecule has 0 aliphatic rings. The number of aryl methyl sites for hydroxylation is 1. The molecular weight excluding hydrogens is 192 g/mol. The van der Waals surface area contributed by atoms with Gasteiger partial charge >= 0.3 is 5.97 Å². The lowest BCUT2D eigenvalue weighted by molar-refractivity contribution is 0.0601. The van der Waals surface area contributed by atoms with Crippen molar-refractivity contribution in [3.63, 3.8) is 0 Å². The molecule has 4 nitrogen and oxygen atoms in total. The maximum Gasteiger partial charge on any atom is 0.337 e. The number of nitrogens with one attached hydrogen (secondary N) is 1. The van der Waals surface area contributed by atoms with Gasteiger partial charge in [0.2, 0.25) is 0 Å². The molecule has 0 heterocycles. The largest absolute Gasteiger partial charge is 0.465 e. The summed E-state index contributed by atoms with van der Waals surface area (Å²) in [6, 6.07) is 7.16. The van der Waals surface area contributed by atoms with Crippen molar-refractivity contribution in [2.24, 2.45) is 0 Å². The summed E-state index contributed by atoms with van der Waals surface area (Å²) in [5.41, 5.74) is 2.24. The Balaban J connectivity index is 2.95. The van der Waals surface area contributed by atoms with Crippen LogP contribution in [0.25, 0.3) is 0 Å². The minimum atomic E-state index is -0.380. The Morgan fingerprint density at radius 2 is 2.33 bits per heavy atom. The second kappa shape index (κ2) is 5.01. The zero-order valence-electron chi connectivity index (χ0n) is 8.70. The number of nitrogens with zero attached hydrogens (tertiary/aromatic N) is 1. The number of carbonyl (C=O) groups is 1. The highest BCUT2D eigenvalue weighted by atomic mass is 16.5. The molecule has 0 unspecified atom stereocenters. The van der Waals surface area contributed by atoms with E-state index in [1.807, 2.05) is 19.1 Å². The number of methoxy groups -OCH3 is 1. The van der Waals surface area contributed by atoms with Crippen LogP contribution in [0.5, 0.6) is 0 Å². The molecule has 4 heteroatoms. The van der Waals surface area contributed by atoms with Crippen molar-refractivity contribution < 1.29 is 9.53 Å². The van der Waals surface area contributed by atoms with Gasteiger partial charge in [0.15, 0.2) is 0 Å². The number of ether oxygens (including phenoxy) is 1. The van der Waals surface area contributed by atoms with Crippen LogP contribution in [-0.2, 0) is 4.74 Å². The van der Waals surface area contributed by atoms with Gasteiger partial charge < -0.3 is 10.1 Å². The predicted octanol–water partition coefficient (Wildman–Crippen LogP) is 1.72. The first-order valence-corrected chi connectivity index (χ1v) is 4.49. The van der Waals surface area contributed by atoms with E-state index in [9.17, 15) is 4.79 Å². The van der Waals surface area contributed by atoms with Crippen molar-refractivity contribution in [1.82, 2.24) is 0 Å². The molecule has 0 saturated heterocycles. The molecule has 78 valence electrons. The number of anilines is 1. The van der Waals surface area contributed by atoms with Gasteiger partial charge in [-0.25, -0.2) is 4.79 Å². The lowest BCUT2D eigenvalue weighted by Gasteiger charge is -2.07. The number of nitriles is 1. The van der Waals surface area contributed by atoms with Crippen molar-refractivity contribution in [3.8, 4) is 6.07 Å². The van der Waals surface area contributed by atoms with E-state index in [-0.39, 0.29) is 12.5 Å². The van der Waals surface area contributed by atoms with Crippen LogP contribution in [0, 0.1) is 18.3 Å². The number of hydrogen-bond acceptors (Lipinski definition) is 4. The number of esters is 1. The van der Waals surface area contributed by atoms with Crippen LogP contribution in [-0.4, -0.2) is 19.6 Å². The van der Waals surface area contributed by atoms with Gasteiger partial charge in [0, 0.05) is 5.69 Å². The van der Waals surface area contributed by atoms with Gasteiger partial charge in [0.1, 0.15) is 6.54 Å². The molecule has 1 N–H and O–H groups in total. The molecule has 1 aromatic rings. The first kappa shape index (κ1) is 11.1. The second-order valence-electron chi connectivity index (χ2n) is 3.03. The van der Waals surface area contributed by atoms with E-state index in [0.29, 0.717) is 5.56 Å². The minimum Gasteiger partial charge on any atom is -0.465 e. The van der Waals surface area contributed by atoms with Crippen molar-refractivity contribution in [3.05, 3.63) is 29.3 Å². The number of carbonyl (C=O) groups excluding carboxylic acids is 1. The molecule has 0 aliphatic carbocycles. The topological polar surface area (TPSA) is 62.1 Å². The summed E-state index contributed by atoms with van der Waals surface area (Å²) < 4.78 is 4.60. The second-order valence-corrected chi connectivity index (χ2v) is 3.03. The molecule has 0 spiro atoms. The first-order chi connectivity index (χ1) is 7.19. The molecule has 0 bridgehead atoms. The third kappa shape index (κ3) is 2.71. The third-order valence-electron chi connectivity index (χ3n) is 2.02. The van der Waals surface area contributed by atoms with E-state index >= 15 is 0 Å². The van der Waals surface area contributed by atoms with Crippen LogP contribution in [0.4, 0.5) is 5.69 Å². The van der Waals surface area contributed by atoms with Gasteiger partial charge in [0.25, 0.3) is 0 Å². The van der Waals surface area contributed by atoms with Crippen LogP contribution in [0.3, 0.4) is 0 Å². The zero-order chi connectivity index (χ0) is 11.3. The molecule has 1 rings (SSSR count). The SMILES string of the molecule is COC(=O)c1ccc(C)c(NCC#N)c1. The molecule has 0 amide bonds. The van der Waals surface area contributed by atoms with Crippen LogP contribution in [0.15, 0.2) is 18.2 Å². The summed E-state index contributed by atoms with van der Waals surface area (Å²) >= 11 is 0. The Kier molecular flexibility index (Phi) is 3.69. The molecule has 15 heavy (non-hydrogen) atoms. The number of hydrogen-bond donors (Lipinski definition) is 1. The molecule has 0 atom stereocenters. The van der Waals surface area contributed by atoms with E-state index in [0.717, 1.165) is 11.3 Å². The van der Waals surface area contributed by atoms with Gasteiger partial charge in [-0.05, 0) is 24.6 Å². The summed E-state index contributed by atoms with van der Waals surface area (Å²) in [4.78, 5) is 11.2. The molecular formula is C11H12N2O2. The summed E-state index contributed by atoms with van der Waals surface area (Å²) in [7, 11) is 1.34. The quantitative estimate of drug-likeness (QED) is 0.601. The molecule has 0 aromatic heterocycles. The standard InChI is InChI=1S/C11H12N2O2/c1-8-3-4-9(11(14)15-2)7-10(8)13-6-5-12/h3-4,7,13H,6H2,1-2H3. The molecule has 0 saturated carbocycles. The van der Waals surface area contributed by atoms with Crippen LogP contribution < -0.4 is 5.32 Å². The predicted molar refractivity (Wildman–Crippen MR) is 56.6 cm³/mol. The highest BCUT2D eigenvalue weighted by Crippen LogP contribution is 2.17. The normalized spacial score (nSPS) is 9.13. The summed E-state index contributed by atoms with van der Waals surface area (Å²) in [6.45, 7) is 2.12. The summed E-state index contributed by atoms with van der Waals surface area (Å²) in [6.07, 6.45) is 0. The lowest BCUT2D eigenvalue weighted by Crippen LogP contribution is -2.05. The fraction of sp³-hybridized carbons (Fsp3) is 0.273. The van der Waals surface area contributed by atoms with Crippen LogP contribution in [0.2, 0.25) is 0 Å². The number of rotatable bonds is 3. The fourth-order valence-corrected chi connectivity index (χ4v) is 1.19. The Hall–Kier alpha value is -2.02. The van der Waals surface area contributed by atoms with Gasteiger partial charge in [0.05, 0.1) is 18.7 Å². The van der Waals surface area contributed by atoms with Crippen LogP contribution >= 0.6 is 0 Å². The van der Waals surface area contributed by atoms with E-state index in [1.54, 1.807) is 12.1 Å². The maximum atomic E-state index is 11.2. The van der Waals surface area contributed by atoms with Crippen LogP contribution in [0.1, 0.15) is 15.9 Å². The first-order valence-electron chi connectivity index (χ1n) is 4.49. The highest BCUT2D eigenvalue weighted by molar-refractivity contribution is 5.90. The summed E-state index contributed by atoms with van der Waals surface area (Å²) in [5, 5.41) is 11.4. The van der Waals surface area contributed by atoms with Gasteiger partial charge in [-0.1, -0.05) is 6.07 Å². The summed E-state index contributed by atoms with van der Waals surface area (Å²) in [5.74, 6) is -0.380. The van der Waals surface area contributed by atoms with E-state index in [2.05, 4.69) is 10.1 Å². The van der Waals surface area contributed by atoms with Gasteiger partial charge in [-0.15, -0.1) is 0 Å². The van der Waals surface area contributed by atoms with Crippen molar-refractivity contribution in [2.45, 2.75) is 6.92 Å². The molecule has 0 aliphatic heterocycles. The highest BCUT2D eigenvalue weighted by Gasteiger charge is 2.07. The Labute approximate surface area is 88.5 Å². The van der Waals surface area contributed by atoms with Crippen molar-refractivity contribution >= 4 is 11.7 Å². The van der Waals surface area contributed by atoms with Gasteiger partial charge in [-0.2, -0.15) is 5.26 Å². The molecule has 1 aromatic carbocycles. The average molecular weight is 204 g/mol. The smallest absolute Gasteiger partial charge is 0.337 e. The molecule has 0 fully saturated rings. The Morgan fingerprint density at radius 3 is 2.93 bits per heavy atom. The lowest BCUT2D eigenvalue weighted by atomic mass is 10.1. The fourth-order valence-electron chi connectivity index (χ4n) is 1.19. The van der Waals surface area contributed by atoms with E-state index in [1.165, 1.54) is 7.11 Å². The van der Waals surface area contributed by atoms with E-state index in [4.69, 9.17) is 5.26 Å². The van der Waals surface area contributed by atoms with Gasteiger partial charge in [-0.3, -0.25) is 0 Å². The Bertz CT molecular complexity index is 408. The number of benzene rings is 1. The monoisotopic (exact) mass is 204 g/mol. The third-order valence-corrected chi connectivity index (χ3v) is 2.02. The molecule has 0 radical (unpaired) electrons.